The molecule has 0 amide bonds. The van der Waals surface area contributed by atoms with Crippen molar-refractivity contribution in [1.29, 1.82) is 0 Å². The van der Waals surface area contributed by atoms with Crippen molar-refractivity contribution in [1.82, 2.24) is 10.3 Å². The van der Waals surface area contributed by atoms with Crippen LogP contribution in [0.15, 0.2) is 53.8 Å². The van der Waals surface area contributed by atoms with Gasteiger partial charge in [0.05, 0.1) is 5.69 Å². The number of nitrogens with two attached hydrogens (primary N) is 1. The molecule has 19 heavy (non-hydrogen) atoms. The second-order valence-electron chi connectivity index (χ2n) is 4.11. The molecule has 0 radical (unpaired) electrons. The highest BCUT2D eigenvalue weighted by molar-refractivity contribution is 5.96. The summed E-state index contributed by atoms with van der Waals surface area (Å²) in [6.07, 6.45) is 1.78. The summed E-state index contributed by atoms with van der Waals surface area (Å²) >= 11 is 0. The van der Waals surface area contributed by atoms with Gasteiger partial charge in [0.15, 0.2) is 5.84 Å². The molecule has 98 valence electrons. The first-order valence-corrected chi connectivity index (χ1v) is 5.97. The van der Waals surface area contributed by atoms with Gasteiger partial charge in [-0.05, 0) is 17.7 Å². The Morgan fingerprint density at radius 2 is 1.95 bits per heavy atom. The van der Waals surface area contributed by atoms with Crippen LogP contribution in [0.5, 0.6) is 0 Å². The van der Waals surface area contributed by atoms with E-state index in [9.17, 15) is 0 Å². The topological polar surface area (TPSA) is 83.5 Å². The first-order chi connectivity index (χ1) is 9.29. The van der Waals surface area contributed by atoms with Crippen LogP contribution in [-0.2, 0) is 13.1 Å². The molecular weight excluding hydrogens is 240 g/mol. The van der Waals surface area contributed by atoms with Gasteiger partial charge < -0.3 is 16.3 Å². The number of nitrogens with one attached hydrogen (secondary N) is 1. The summed E-state index contributed by atoms with van der Waals surface area (Å²) in [7, 11) is 0. The predicted octanol–water partition coefficient (Wildman–Crippen LogP) is 1.47. The predicted molar refractivity (Wildman–Crippen MR) is 73.7 cm³/mol. The van der Waals surface area contributed by atoms with Crippen molar-refractivity contribution in [3.8, 4) is 0 Å². The zero-order valence-electron chi connectivity index (χ0n) is 10.5. The van der Waals surface area contributed by atoms with Crippen molar-refractivity contribution in [2.75, 3.05) is 0 Å². The molecule has 0 atom stereocenters. The van der Waals surface area contributed by atoms with Gasteiger partial charge in [-0.15, -0.1) is 0 Å². The van der Waals surface area contributed by atoms with E-state index in [0.717, 1.165) is 24.3 Å². The molecule has 4 N–H and O–H groups in total. The molecule has 0 saturated heterocycles. The second kappa shape index (κ2) is 6.51. The van der Waals surface area contributed by atoms with Crippen LogP contribution in [-0.4, -0.2) is 16.0 Å². The van der Waals surface area contributed by atoms with E-state index in [2.05, 4.69) is 15.5 Å². The molecular formula is C14H16N4O. The molecule has 2 aromatic rings. The van der Waals surface area contributed by atoms with Gasteiger partial charge in [0, 0.05) is 24.8 Å². The molecule has 2 rings (SSSR count). The summed E-state index contributed by atoms with van der Waals surface area (Å²) in [5.74, 6) is 0.119. The standard InChI is InChI=1S/C14H16N4O/c15-14(18-19)12-6-4-11(5-7-12)9-16-10-13-3-1-2-8-17-13/h1-8,16,19H,9-10H2,(H2,15,18). The number of hydrogen-bond donors (Lipinski definition) is 3. The van der Waals surface area contributed by atoms with Gasteiger partial charge in [-0.3, -0.25) is 4.98 Å². The molecule has 0 fully saturated rings. The number of benzene rings is 1. The van der Waals surface area contributed by atoms with Crippen molar-refractivity contribution >= 4 is 5.84 Å². The van der Waals surface area contributed by atoms with E-state index >= 15 is 0 Å². The van der Waals surface area contributed by atoms with E-state index in [1.165, 1.54) is 0 Å². The third-order valence-corrected chi connectivity index (χ3v) is 2.72. The third kappa shape index (κ3) is 3.79. The van der Waals surface area contributed by atoms with Gasteiger partial charge in [0.25, 0.3) is 0 Å². The van der Waals surface area contributed by atoms with E-state index in [0.29, 0.717) is 5.56 Å². The Labute approximate surface area is 111 Å². The third-order valence-electron chi connectivity index (χ3n) is 2.72. The number of nitrogens with zero attached hydrogens (tertiary/aromatic N) is 2. The van der Waals surface area contributed by atoms with Crippen LogP contribution in [0.4, 0.5) is 0 Å². The quantitative estimate of drug-likeness (QED) is 0.327. The van der Waals surface area contributed by atoms with Gasteiger partial charge in [-0.25, -0.2) is 0 Å². The fraction of sp³-hybridized carbons (Fsp3) is 0.143. The Kier molecular flexibility index (Phi) is 4.47. The maximum Gasteiger partial charge on any atom is 0.170 e. The van der Waals surface area contributed by atoms with Gasteiger partial charge >= 0.3 is 0 Å². The summed E-state index contributed by atoms with van der Waals surface area (Å²) in [6, 6.07) is 13.4. The Hall–Kier alpha value is -2.40. The molecule has 0 bridgehead atoms. The molecule has 0 spiro atoms. The lowest BCUT2D eigenvalue weighted by molar-refractivity contribution is 0.318. The minimum absolute atomic E-state index is 0.119. The van der Waals surface area contributed by atoms with Crippen molar-refractivity contribution in [2.45, 2.75) is 13.1 Å². The highest BCUT2D eigenvalue weighted by atomic mass is 16.4. The summed E-state index contributed by atoms with van der Waals surface area (Å²) in [4.78, 5) is 4.24. The smallest absolute Gasteiger partial charge is 0.170 e. The van der Waals surface area contributed by atoms with Gasteiger partial charge in [-0.1, -0.05) is 35.5 Å². The number of pyridine rings is 1. The van der Waals surface area contributed by atoms with Crippen LogP contribution in [0.25, 0.3) is 0 Å². The van der Waals surface area contributed by atoms with E-state index in [-0.39, 0.29) is 5.84 Å². The number of aromatic nitrogens is 1. The van der Waals surface area contributed by atoms with Crippen molar-refractivity contribution in [3.63, 3.8) is 0 Å². The normalized spacial score (nSPS) is 11.5. The van der Waals surface area contributed by atoms with E-state index in [1.807, 2.05) is 42.5 Å². The largest absolute Gasteiger partial charge is 0.409 e. The molecule has 0 saturated carbocycles. The number of amidine groups is 1. The number of oxime groups is 1. The molecule has 5 heteroatoms. The van der Waals surface area contributed by atoms with Crippen molar-refractivity contribution < 1.29 is 5.21 Å². The monoisotopic (exact) mass is 256 g/mol. The summed E-state index contributed by atoms with van der Waals surface area (Å²) in [5.41, 5.74) is 8.34. The number of rotatable bonds is 5. The zero-order chi connectivity index (χ0) is 13.5. The Bertz CT molecular complexity index is 537. The Morgan fingerprint density at radius 1 is 1.16 bits per heavy atom. The molecule has 0 aliphatic rings. The van der Waals surface area contributed by atoms with Gasteiger partial charge in [0.2, 0.25) is 0 Å². The van der Waals surface area contributed by atoms with Crippen molar-refractivity contribution in [2.24, 2.45) is 10.9 Å². The average molecular weight is 256 g/mol. The van der Waals surface area contributed by atoms with Crippen LogP contribution in [0.1, 0.15) is 16.8 Å². The molecule has 0 unspecified atom stereocenters. The fourth-order valence-electron chi connectivity index (χ4n) is 1.69. The Balaban J connectivity index is 1.87. The average Bonchev–Trinajstić information content (AvgIpc) is 2.48. The molecule has 1 heterocycles. The van der Waals surface area contributed by atoms with E-state index in [1.54, 1.807) is 6.20 Å². The number of hydrogen-bond acceptors (Lipinski definition) is 4. The first-order valence-electron chi connectivity index (χ1n) is 5.97. The lowest BCUT2D eigenvalue weighted by atomic mass is 10.1. The summed E-state index contributed by atoms with van der Waals surface area (Å²) in [5, 5.41) is 14.8. The van der Waals surface area contributed by atoms with Crippen LogP contribution in [0.2, 0.25) is 0 Å². The summed E-state index contributed by atoms with van der Waals surface area (Å²) < 4.78 is 0. The molecule has 5 nitrogen and oxygen atoms in total. The van der Waals surface area contributed by atoms with Gasteiger partial charge in [0.1, 0.15) is 0 Å². The molecule has 0 aliphatic heterocycles. The lowest BCUT2D eigenvalue weighted by Crippen LogP contribution is -2.15. The van der Waals surface area contributed by atoms with Crippen LogP contribution >= 0.6 is 0 Å². The highest BCUT2D eigenvalue weighted by Gasteiger charge is 1.99. The second-order valence-corrected chi connectivity index (χ2v) is 4.11. The van der Waals surface area contributed by atoms with Crippen LogP contribution in [0, 0.1) is 0 Å². The maximum absolute atomic E-state index is 8.57. The zero-order valence-corrected chi connectivity index (χ0v) is 10.5. The molecule has 1 aromatic carbocycles. The van der Waals surface area contributed by atoms with Crippen molar-refractivity contribution in [3.05, 3.63) is 65.5 Å². The van der Waals surface area contributed by atoms with Gasteiger partial charge in [-0.2, -0.15) is 0 Å². The lowest BCUT2D eigenvalue weighted by Gasteiger charge is -2.05. The molecule has 1 aromatic heterocycles. The van der Waals surface area contributed by atoms with Crippen LogP contribution < -0.4 is 11.1 Å². The SMILES string of the molecule is NC(=NO)c1ccc(CNCc2ccccn2)cc1. The Morgan fingerprint density at radius 3 is 2.58 bits per heavy atom. The van der Waals surface area contributed by atoms with E-state index in [4.69, 9.17) is 10.9 Å². The molecule has 0 aliphatic carbocycles. The summed E-state index contributed by atoms with van der Waals surface area (Å²) in [6.45, 7) is 1.47. The highest BCUT2D eigenvalue weighted by Crippen LogP contribution is 2.04. The van der Waals surface area contributed by atoms with Crippen LogP contribution in [0.3, 0.4) is 0 Å². The van der Waals surface area contributed by atoms with E-state index < -0.39 is 0 Å². The minimum Gasteiger partial charge on any atom is -0.409 e. The first kappa shape index (κ1) is 13.0. The maximum atomic E-state index is 8.57. The minimum atomic E-state index is 0.119. The fourth-order valence-corrected chi connectivity index (χ4v) is 1.69.